The molecule has 0 fully saturated rings. The Morgan fingerprint density at radius 3 is 2.38 bits per heavy atom. The van der Waals surface area contributed by atoms with Gasteiger partial charge in [-0.05, 0) is 5.16 Å². The summed E-state index contributed by atoms with van der Waals surface area (Å²) in [6.07, 6.45) is 0.462. The van der Waals surface area contributed by atoms with Crippen molar-refractivity contribution in [3.63, 3.8) is 0 Å². The zero-order valence-corrected chi connectivity index (χ0v) is 4.75. The second kappa shape index (κ2) is 4.11. The molecule has 0 aromatic rings. The van der Waals surface area contributed by atoms with Crippen LogP contribution in [0.25, 0.3) is 0 Å². The van der Waals surface area contributed by atoms with Crippen molar-refractivity contribution in [1.29, 1.82) is 0 Å². The van der Waals surface area contributed by atoms with Crippen molar-refractivity contribution < 1.29 is 14.4 Å². The molecule has 46 valence electrons. The molecule has 0 aliphatic rings. The highest BCUT2D eigenvalue weighted by Crippen LogP contribution is 1.73. The smallest absolute Gasteiger partial charge is 0.290 e. The Bertz CT molecular complexity index is 99.5. The van der Waals surface area contributed by atoms with Crippen LogP contribution in [-0.2, 0) is 14.4 Å². The van der Waals surface area contributed by atoms with Crippen LogP contribution in [0.2, 0.25) is 0 Å². The van der Waals surface area contributed by atoms with Crippen molar-refractivity contribution in [1.82, 2.24) is 0 Å². The standard InChI is InChI=1S/C4H7NO3/c1-7-4(3-6)5-8-2/h3H,1-2H3. The predicted molar refractivity (Wildman–Crippen MR) is 27.5 cm³/mol. The second-order valence-electron chi connectivity index (χ2n) is 0.934. The first-order valence-electron chi connectivity index (χ1n) is 1.95. The predicted octanol–water partition coefficient (Wildman–Crippen LogP) is -0.208. The largest absolute Gasteiger partial charge is 0.477 e. The molecule has 0 atom stereocenters. The van der Waals surface area contributed by atoms with Crippen molar-refractivity contribution in [3.05, 3.63) is 0 Å². The monoisotopic (exact) mass is 117 g/mol. The molecule has 0 heterocycles. The zero-order valence-electron chi connectivity index (χ0n) is 4.75. The minimum Gasteiger partial charge on any atom is -0.477 e. The van der Waals surface area contributed by atoms with Gasteiger partial charge in [0.1, 0.15) is 7.11 Å². The topological polar surface area (TPSA) is 47.9 Å². The van der Waals surface area contributed by atoms with Crippen LogP contribution in [0.4, 0.5) is 0 Å². The highest BCUT2D eigenvalue weighted by molar-refractivity contribution is 6.23. The van der Waals surface area contributed by atoms with E-state index in [0.29, 0.717) is 6.29 Å². The molecule has 0 aromatic heterocycles. The van der Waals surface area contributed by atoms with Crippen LogP contribution in [0, 0.1) is 0 Å². The van der Waals surface area contributed by atoms with Gasteiger partial charge < -0.3 is 9.57 Å². The summed E-state index contributed by atoms with van der Waals surface area (Å²) in [4.78, 5) is 14.0. The first kappa shape index (κ1) is 6.94. The molecular weight excluding hydrogens is 110 g/mol. The number of nitrogens with zero attached hydrogens (tertiary/aromatic N) is 1. The Kier molecular flexibility index (Phi) is 3.56. The third-order valence-corrected chi connectivity index (χ3v) is 0.491. The molecule has 8 heavy (non-hydrogen) atoms. The number of methoxy groups -OCH3 is 1. The van der Waals surface area contributed by atoms with Crippen molar-refractivity contribution in [3.8, 4) is 0 Å². The van der Waals surface area contributed by atoms with Crippen molar-refractivity contribution >= 4 is 12.2 Å². The lowest BCUT2D eigenvalue weighted by molar-refractivity contribution is -0.104. The van der Waals surface area contributed by atoms with Crippen LogP contribution >= 0.6 is 0 Å². The number of hydrogen-bond acceptors (Lipinski definition) is 4. The van der Waals surface area contributed by atoms with Crippen molar-refractivity contribution in [2.45, 2.75) is 0 Å². The minimum absolute atomic E-state index is 0.0625. The van der Waals surface area contributed by atoms with Gasteiger partial charge in [0.25, 0.3) is 5.90 Å². The van der Waals surface area contributed by atoms with Gasteiger partial charge in [0.05, 0.1) is 7.11 Å². The fraction of sp³-hybridized carbons (Fsp3) is 0.500. The van der Waals surface area contributed by atoms with E-state index >= 15 is 0 Å². The molecule has 0 unspecified atom stereocenters. The number of oxime groups is 1. The summed E-state index contributed by atoms with van der Waals surface area (Å²) in [7, 11) is 2.68. The molecule has 0 saturated carbocycles. The Balaban J connectivity index is 3.66. The molecule has 4 heteroatoms. The fourth-order valence-electron chi connectivity index (χ4n) is 0.197. The fourth-order valence-corrected chi connectivity index (χ4v) is 0.197. The summed E-state index contributed by atoms with van der Waals surface area (Å²) in [5, 5.41) is 3.19. The lowest BCUT2D eigenvalue weighted by Crippen LogP contribution is -2.01. The van der Waals surface area contributed by atoms with Gasteiger partial charge in [-0.1, -0.05) is 0 Å². The third-order valence-electron chi connectivity index (χ3n) is 0.491. The van der Waals surface area contributed by atoms with Gasteiger partial charge in [0.2, 0.25) is 6.29 Å². The van der Waals surface area contributed by atoms with Crippen LogP contribution in [-0.4, -0.2) is 26.4 Å². The van der Waals surface area contributed by atoms with Gasteiger partial charge in [-0.3, -0.25) is 4.79 Å². The highest BCUT2D eigenvalue weighted by atomic mass is 16.6. The van der Waals surface area contributed by atoms with E-state index in [1.54, 1.807) is 0 Å². The molecule has 0 aliphatic heterocycles. The van der Waals surface area contributed by atoms with Gasteiger partial charge in [0, 0.05) is 0 Å². The van der Waals surface area contributed by atoms with Crippen LogP contribution in [0.1, 0.15) is 0 Å². The summed E-state index contributed by atoms with van der Waals surface area (Å²) in [5.41, 5.74) is 0. The number of rotatable bonds is 2. The van der Waals surface area contributed by atoms with Crippen LogP contribution in [0.5, 0.6) is 0 Å². The number of ether oxygens (including phenoxy) is 1. The molecule has 4 nitrogen and oxygen atoms in total. The second-order valence-corrected chi connectivity index (χ2v) is 0.934. The summed E-state index contributed by atoms with van der Waals surface area (Å²) in [5.74, 6) is -0.0625. The molecule has 0 aromatic carbocycles. The summed E-state index contributed by atoms with van der Waals surface area (Å²) >= 11 is 0. The number of carbonyl (C=O) groups excluding carboxylic acids is 1. The van der Waals surface area contributed by atoms with E-state index in [0.717, 1.165) is 0 Å². The molecule has 0 N–H and O–H groups in total. The van der Waals surface area contributed by atoms with E-state index < -0.39 is 0 Å². The lowest BCUT2D eigenvalue weighted by Gasteiger charge is -1.91. The van der Waals surface area contributed by atoms with Gasteiger partial charge in [-0.15, -0.1) is 0 Å². The van der Waals surface area contributed by atoms with Gasteiger partial charge >= 0.3 is 0 Å². The Morgan fingerprint density at radius 2 is 2.25 bits per heavy atom. The van der Waals surface area contributed by atoms with Gasteiger partial charge in [0.15, 0.2) is 0 Å². The first-order valence-corrected chi connectivity index (χ1v) is 1.95. The quantitative estimate of drug-likeness (QED) is 0.217. The van der Waals surface area contributed by atoms with Crippen LogP contribution in [0.15, 0.2) is 5.16 Å². The lowest BCUT2D eigenvalue weighted by atomic mass is 10.8. The average molecular weight is 117 g/mol. The Hall–Kier alpha value is -1.06. The van der Waals surface area contributed by atoms with E-state index in [1.165, 1.54) is 14.2 Å². The summed E-state index contributed by atoms with van der Waals surface area (Å²) in [6.45, 7) is 0. The van der Waals surface area contributed by atoms with E-state index in [-0.39, 0.29) is 5.90 Å². The van der Waals surface area contributed by atoms with Gasteiger partial charge in [-0.25, -0.2) is 0 Å². The van der Waals surface area contributed by atoms with Gasteiger partial charge in [-0.2, -0.15) is 0 Å². The number of aldehydes is 1. The average Bonchev–Trinajstić information content (AvgIpc) is 1.83. The molecule has 0 rings (SSSR count). The summed E-state index contributed by atoms with van der Waals surface area (Å²) < 4.78 is 4.40. The normalized spacial score (nSPS) is 10.5. The number of hydrogen-bond donors (Lipinski definition) is 0. The molecule has 0 aliphatic carbocycles. The zero-order chi connectivity index (χ0) is 6.41. The minimum atomic E-state index is -0.0625. The van der Waals surface area contributed by atoms with Crippen LogP contribution < -0.4 is 0 Å². The van der Waals surface area contributed by atoms with E-state index in [2.05, 4.69) is 14.7 Å². The maximum atomic E-state index is 9.79. The Morgan fingerprint density at radius 1 is 1.62 bits per heavy atom. The maximum Gasteiger partial charge on any atom is 0.290 e. The molecule has 0 amide bonds. The van der Waals surface area contributed by atoms with Crippen LogP contribution in [0.3, 0.4) is 0 Å². The SMILES string of the molecule is CON=C(C=O)OC. The van der Waals surface area contributed by atoms with Crippen molar-refractivity contribution in [2.24, 2.45) is 5.16 Å². The summed E-state index contributed by atoms with van der Waals surface area (Å²) in [6, 6.07) is 0. The first-order chi connectivity index (χ1) is 3.85. The Labute approximate surface area is 47.1 Å². The van der Waals surface area contributed by atoms with Crippen molar-refractivity contribution in [2.75, 3.05) is 14.2 Å². The van der Waals surface area contributed by atoms with E-state index in [4.69, 9.17) is 0 Å². The molecule has 0 saturated heterocycles. The molecular formula is C4H7NO3. The molecule has 0 spiro atoms. The highest BCUT2D eigenvalue weighted by Gasteiger charge is 1.90. The molecule has 0 radical (unpaired) electrons. The van der Waals surface area contributed by atoms with E-state index in [1.807, 2.05) is 0 Å². The van der Waals surface area contributed by atoms with E-state index in [9.17, 15) is 4.79 Å². The third kappa shape index (κ3) is 2.17. The number of carbonyl (C=O) groups is 1. The molecule has 0 bridgehead atoms. The maximum absolute atomic E-state index is 9.79.